The van der Waals surface area contributed by atoms with E-state index in [-0.39, 0.29) is 22.4 Å². The largest absolute Gasteiger partial charge is 0.497 e. The molecule has 1 aromatic carbocycles. The highest BCUT2D eigenvalue weighted by Gasteiger charge is 2.40. The average molecular weight is 361 g/mol. The van der Waals surface area contributed by atoms with Crippen LogP contribution in [0.25, 0.3) is 0 Å². The van der Waals surface area contributed by atoms with Gasteiger partial charge in [-0.05, 0) is 44.0 Å². The molecule has 1 saturated heterocycles. The molecule has 0 aliphatic carbocycles. The van der Waals surface area contributed by atoms with Gasteiger partial charge >= 0.3 is 0 Å². The number of nitrogens with zero attached hydrogens (tertiary/aromatic N) is 1. The third-order valence-electron chi connectivity index (χ3n) is 4.23. The topological polar surface area (TPSA) is 80.8 Å². The summed E-state index contributed by atoms with van der Waals surface area (Å²) >= 11 is 0. The number of methoxy groups -OCH3 is 1. The lowest BCUT2D eigenvalue weighted by Crippen LogP contribution is -2.46. The number of benzene rings is 1. The van der Waals surface area contributed by atoms with Gasteiger partial charge in [0.15, 0.2) is 9.84 Å². The number of sulfonamides is 1. The maximum Gasteiger partial charge on any atom is 0.243 e. The van der Waals surface area contributed by atoms with Crippen LogP contribution in [-0.4, -0.2) is 51.8 Å². The Labute approximate surface area is 138 Å². The van der Waals surface area contributed by atoms with Gasteiger partial charge in [-0.2, -0.15) is 4.31 Å². The predicted octanol–water partition coefficient (Wildman–Crippen LogP) is 1.67. The summed E-state index contributed by atoms with van der Waals surface area (Å²) in [6, 6.07) is 5.41. The first kappa shape index (κ1) is 18.2. The van der Waals surface area contributed by atoms with E-state index in [0.29, 0.717) is 18.6 Å². The van der Waals surface area contributed by atoms with Gasteiger partial charge in [0.25, 0.3) is 0 Å². The van der Waals surface area contributed by atoms with Gasteiger partial charge < -0.3 is 4.74 Å². The van der Waals surface area contributed by atoms with Crippen LogP contribution in [0.5, 0.6) is 5.75 Å². The van der Waals surface area contributed by atoms with Gasteiger partial charge in [0.2, 0.25) is 10.0 Å². The second-order valence-corrected chi connectivity index (χ2v) is 9.90. The standard InChI is InChI=1S/C15H23NO5S2/c1-4-12(2)16(13-9-10-22(17,18)11-13)23(19,20)15-7-5-14(21-3)6-8-15/h5-8,12-13H,4,9-11H2,1-3H3/t12-,13+/m0/s1. The van der Waals surface area contributed by atoms with E-state index in [0.717, 1.165) is 0 Å². The lowest BCUT2D eigenvalue weighted by molar-refractivity contribution is 0.271. The minimum absolute atomic E-state index is 0.0444. The SMILES string of the molecule is CC[C@H](C)N([C@@H]1CCS(=O)(=O)C1)S(=O)(=O)c1ccc(OC)cc1. The number of sulfone groups is 1. The highest BCUT2D eigenvalue weighted by molar-refractivity contribution is 7.92. The number of ether oxygens (including phenoxy) is 1. The average Bonchev–Trinajstić information content (AvgIpc) is 2.86. The van der Waals surface area contributed by atoms with Crippen molar-refractivity contribution in [1.82, 2.24) is 4.31 Å². The van der Waals surface area contributed by atoms with Crippen molar-refractivity contribution < 1.29 is 21.6 Å². The molecule has 0 saturated carbocycles. The maximum absolute atomic E-state index is 13.0. The Balaban J connectivity index is 2.41. The summed E-state index contributed by atoms with van der Waals surface area (Å²) in [7, 11) is -5.41. The Bertz CT molecular complexity index is 741. The molecule has 2 rings (SSSR count). The zero-order valence-corrected chi connectivity index (χ0v) is 15.2. The van der Waals surface area contributed by atoms with Crippen molar-refractivity contribution in [1.29, 1.82) is 0 Å². The molecule has 1 aliphatic rings. The molecule has 1 fully saturated rings. The van der Waals surface area contributed by atoms with Crippen LogP contribution in [0.2, 0.25) is 0 Å². The third-order valence-corrected chi connectivity index (χ3v) is 8.06. The summed E-state index contributed by atoms with van der Waals surface area (Å²) in [5.74, 6) is 0.512. The zero-order valence-electron chi connectivity index (χ0n) is 13.6. The Kier molecular flexibility index (Phi) is 5.37. The molecular formula is C15H23NO5S2. The minimum atomic E-state index is -3.76. The van der Waals surface area contributed by atoms with Crippen LogP contribution in [0.1, 0.15) is 26.7 Å². The molecule has 1 heterocycles. The van der Waals surface area contributed by atoms with Gasteiger partial charge in [0.05, 0.1) is 23.5 Å². The molecule has 0 bridgehead atoms. The molecule has 130 valence electrons. The van der Waals surface area contributed by atoms with Crippen molar-refractivity contribution in [2.24, 2.45) is 0 Å². The van der Waals surface area contributed by atoms with Crippen LogP contribution in [0.15, 0.2) is 29.2 Å². The van der Waals surface area contributed by atoms with Crippen molar-refractivity contribution in [2.75, 3.05) is 18.6 Å². The molecule has 0 unspecified atom stereocenters. The maximum atomic E-state index is 13.0. The van der Waals surface area contributed by atoms with Crippen molar-refractivity contribution in [3.8, 4) is 5.75 Å². The van der Waals surface area contributed by atoms with Crippen LogP contribution in [0.4, 0.5) is 0 Å². The fourth-order valence-corrected chi connectivity index (χ4v) is 6.54. The summed E-state index contributed by atoms with van der Waals surface area (Å²) in [5.41, 5.74) is 0. The van der Waals surface area contributed by atoms with E-state index >= 15 is 0 Å². The molecule has 8 heteroatoms. The number of rotatable bonds is 6. The van der Waals surface area contributed by atoms with E-state index in [1.165, 1.54) is 23.5 Å². The van der Waals surface area contributed by atoms with E-state index in [4.69, 9.17) is 4.74 Å². The normalized spacial score (nSPS) is 22.2. The summed E-state index contributed by atoms with van der Waals surface area (Å²) in [6.07, 6.45) is 0.966. The second-order valence-electron chi connectivity index (χ2n) is 5.82. The third kappa shape index (κ3) is 3.87. The van der Waals surface area contributed by atoms with Gasteiger partial charge in [-0.3, -0.25) is 0 Å². The first-order chi connectivity index (χ1) is 10.7. The highest BCUT2D eigenvalue weighted by atomic mass is 32.2. The first-order valence-electron chi connectivity index (χ1n) is 7.59. The molecule has 23 heavy (non-hydrogen) atoms. The molecule has 0 aromatic heterocycles. The van der Waals surface area contributed by atoms with Gasteiger partial charge in [0, 0.05) is 12.1 Å². The van der Waals surface area contributed by atoms with Crippen molar-refractivity contribution in [3.05, 3.63) is 24.3 Å². The quantitative estimate of drug-likeness (QED) is 0.770. The van der Waals surface area contributed by atoms with Crippen molar-refractivity contribution in [2.45, 2.75) is 43.7 Å². The fourth-order valence-electron chi connectivity index (χ4n) is 2.82. The van der Waals surface area contributed by atoms with Crippen LogP contribution in [0.3, 0.4) is 0 Å². The molecule has 0 amide bonds. The van der Waals surface area contributed by atoms with Crippen LogP contribution < -0.4 is 4.74 Å². The van der Waals surface area contributed by atoms with Gasteiger partial charge in [0.1, 0.15) is 5.75 Å². The first-order valence-corrected chi connectivity index (χ1v) is 10.9. The van der Waals surface area contributed by atoms with Crippen molar-refractivity contribution >= 4 is 19.9 Å². The molecule has 0 radical (unpaired) electrons. The Hall–Kier alpha value is -1.12. The Morgan fingerprint density at radius 3 is 2.35 bits per heavy atom. The number of hydrogen-bond acceptors (Lipinski definition) is 5. The van der Waals surface area contributed by atoms with Crippen LogP contribution in [-0.2, 0) is 19.9 Å². The molecule has 0 N–H and O–H groups in total. The number of hydrogen-bond donors (Lipinski definition) is 0. The second kappa shape index (κ2) is 6.78. The van der Waals surface area contributed by atoms with Crippen molar-refractivity contribution in [3.63, 3.8) is 0 Å². The summed E-state index contributed by atoms with van der Waals surface area (Å²) < 4.78 is 56.0. The Morgan fingerprint density at radius 2 is 1.91 bits per heavy atom. The molecule has 6 nitrogen and oxygen atoms in total. The van der Waals surface area contributed by atoms with Gasteiger partial charge in [-0.25, -0.2) is 16.8 Å². The van der Waals surface area contributed by atoms with E-state index in [9.17, 15) is 16.8 Å². The predicted molar refractivity (Wildman–Crippen MR) is 88.8 cm³/mol. The van der Waals surface area contributed by atoms with E-state index in [1.807, 2.05) is 13.8 Å². The van der Waals surface area contributed by atoms with E-state index in [2.05, 4.69) is 0 Å². The zero-order chi connectivity index (χ0) is 17.3. The lowest BCUT2D eigenvalue weighted by atomic mass is 10.2. The molecule has 1 aromatic rings. The van der Waals surface area contributed by atoms with Crippen LogP contribution in [0, 0.1) is 0 Å². The summed E-state index contributed by atoms with van der Waals surface area (Å²) in [5, 5.41) is 0. The molecular weight excluding hydrogens is 338 g/mol. The molecule has 2 atom stereocenters. The summed E-state index contributed by atoms with van der Waals surface area (Å²) in [6.45, 7) is 3.71. The Morgan fingerprint density at radius 1 is 1.30 bits per heavy atom. The minimum Gasteiger partial charge on any atom is -0.497 e. The molecule has 1 aliphatic heterocycles. The highest BCUT2D eigenvalue weighted by Crippen LogP contribution is 2.29. The van der Waals surface area contributed by atoms with Gasteiger partial charge in [-0.1, -0.05) is 6.92 Å². The fraction of sp³-hybridized carbons (Fsp3) is 0.600. The lowest BCUT2D eigenvalue weighted by Gasteiger charge is -2.32. The van der Waals surface area contributed by atoms with Crippen LogP contribution >= 0.6 is 0 Å². The van der Waals surface area contributed by atoms with E-state index < -0.39 is 25.9 Å². The molecule has 0 spiro atoms. The summed E-state index contributed by atoms with van der Waals surface area (Å²) in [4.78, 5) is 0.155. The monoisotopic (exact) mass is 361 g/mol. The smallest absolute Gasteiger partial charge is 0.243 e. The van der Waals surface area contributed by atoms with Gasteiger partial charge in [-0.15, -0.1) is 0 Å². The van der Waals surface area contributed by atoms with E-state index in [1.54, 1.807) is 12.1 Å².